The lowest BCUT2D eigenvalue weighted by atomic mass is 10.0. The third-order valence-electron chi connectivity index (χ3n) is 5.29. The van der Waals surface area contributed by atoms with Crippen LogP contribution in [0.25, 0.3) is 0 Å². The van der Waals surface area contributed by atoms with Crippen LogP contribution in [0.3, 0.4) is 0 Å². The topological polar surface area (TPSA) is 59.1 Å². The monoisotopic (exact) mass is 351 g/mol. The van der Waals surface area contributed by atoms with Crippen molar-refractivity contribution in [3.05, 3.63) is 71.8 Å². The van der Waals surface area contributed by atoms with Crippen molar-refractivity contribution in [2.75, 3.05) is 13.1 Å². The Morgan fingerprint density at radius 1 is 1.12 bits per heavy atom. The number of likely N-dealkylation sites (tertiary alicyclic amines) is 1. The van der Waals surface area contributed by atoms with Crippen LogP contribution >= 0.6 is 0 Å². The molecule has 0 radical (unpaired) electrons. The molecule has 4 rings (SSSR count). The van der Waals surface area contributed by atoms with E-state index in [4.69, 9.17) is 0 Å². The highest BCUT2D eigenvalue weighted by atomic mass is 16.3. The van der Waals surface area contributed by atoms with Gasteiger partial charge in [0.15, 0.2) is 0 Å². The first kappa shape index (κ1) is 17.0. The normalized spacial score (nSPS) is 17.5. The summed E-state index contributed by atoms with van der Waals surface area (Å²) in [5.74, 6) is 0. The van der Waals surface area contributed by atoms with Gasteiger partial charge in [-0.15, -0.1) is 5.10 Å². The number of aryl methyl sites for hydroxylation is 1. The number of benzene rings is 1. The van der Waals surface area contributed by atoms with Gasteiger partial charge in [-0.2, -0.15) is 0 Å². The van der Waals surface area contributed by atoms with Crippen LogP contribution < -0.4 is 0 Å². The molecule has 2 aromatic heterocycles. The fourth-order valence-electron chi connectivity index (χ4n) is 3.63. The van der Waals surface area contributed by atoms with E-state index in [1.807, 2.05) is 41.2 Å². The number of nitrogens with zero attached hydrogens (tertiary/aromatic N) is 5. The van der Waals surface area contributed by atoms with Gasteiger partial charge in [0.25, 0.3) is 0 Å². The minimum atomic E-state index is -0.720. The van der Waals surface area contributed by atoms with Gasteiger partial charge in [0.2, 0.25) is 0 Å². The maximum absolute atomic E-state index is 10.5. The molecule has 1 atom stereocenters. The first-order valence-corrected chi connectivity index (χ1v) is 9.18. The maximum Gasteiger partial charge on any atom is 0.124 e. The molecule has 1 aliphatic rings. The van der Waals surface area contributed by atoms with Crippen LogP contribution in [0.1, 0.15) is 41.9 Å². The van der Waals surface area contributed by atoms with E-state index in [0.29, 0.717) is 11.7 Å². The fourth-order valence-corrected chi connectivity index (χ4v) is 3.63. The Bertz CT molecular complexity index is 833. The molecule has 0 aliphatic carbocycles. The molecule has 0 saturated carbocycles. The standard InChI is InChI=1S/C20H25N5O/c1-23-11-5-8-18(23)14-24-12-9-17(10-13-24)25-15-19(21-22-25)20(26)16-6-3-2-4-7-16/h2-8,11,15,17,20,26H,9-10,12-14H2,1H3. The molecule has 26 heavy (non-hydrogen) atoms. The van der Waals surface area contributed by atoms with E-state index >= 15 is 0 Å². The first-order chi connectivity index (χ1) is 12.7. The Morgan fingerprint density at radius 2 is 1.88 bits per heavy atom. The zero-order valence-electron chi connectivity index (χ0n) is 15.1. The highest BCUT2D eigenvalue weighted by Gasteiger charge is 2.23. The summed E-state index contributed by atoms with van der Waals surface area (Å²) in [7, 11) is 2.09. The molecule has 1 saturated heterocycles. The van der Waals surface area contributed by atoms with Gasteiger partial charge in [0.05, 0.1) is 12.2 Å². The summed E-state index contributed by atoms with van der Waals surface area (Å²) in [6, 6.07) is 14.2. The molecule has 1 fully saturated rings. The number of aliphatic hydroxyl groups excluding tert-OH is 1. The number of aliphatic hydroxyl groups is 1. The average Bonchev–Trinajstić information content (AvgIpc) is 3.32. The van der Waals surface area contributed by atoms with Crippen molar-refractivity contribution in [1.82, 2.24) is 24.5 Å². The van der Waals surface area contributed by atoms with Crippen molar-refractivity contribution in [2.24, 2.45) is 7.05 Å². The van der Waals surface area contributed by atoms with Gasteiger partial charge in [0, 0.05) is 38.6 Å². The number of aromatic nitrogens is 4. The van der Waals surface area contributed by atoms with Crippen LogP contribution in [0.15, 0.2) is 54.9 Å². The van der Waals surface area contributed by atoms with Crippen LogP contribution in [0.5, 0.6) is 0 Å². The lowest BCUT2D eigenvalue weighted by Gasteiger charge is -2.31. The summed E-state index contributed by atoms with van der Waals surface area (Å²) in [5.41, 5.74) is 2.80. The Kier molecular flexibility index (Phi) is 4.86. The molecule has 0 amide bonds. The molecule has 6 heteroatoms. The Hall–Kier alpha value is -2.44. The molecule has 1 N–H and O–H groups in total. The summed E-state index contributed by atoms with van der Waals surface area (Å²) < 4.78 is 4.11. The van der Waals surface area contributed by atoms with Crippen LogP contribution in [0, 0.1) is 0 Å². The van der Waals surface area contributed by atoms with E-state index < -0.39 is 6.10 Å². The van der Waals surface area contributed by atoms with E-state index in [0.717, 1.165) is 38.0 Å². The zero-order chi connectivity index (χ0) is 17.9. The molecular weight excluding hydrogens is 326 g/mol. The molecule has 136 valence electrons. The summed E-state index contributed by atoms with van der Waals surface area (Å²) in [5, 5.41) is 19.0. The zero-order valence-corrected chi connectivity index (χ0v) is 15.1. The highest BCUT2D eigenvalue weighted by Crippen LogP contribution is 2.25. The minimum Gasteiger partial charge on any atom is -0.382 e. The van der Waals surface area contributed by atoms with Crippen molar-refractivity contribution >= 4 is 0 Å². The third-order valence-corrected chi connectivity index (χ3v) is 5.29. The molecule has 0 spiro atoms. The minimum absolute atomic E-state index is 0.351. The summed E-state index contributed by atoms with van der Waals surface area (Å²) in [4.78, 5) is 2.49. The second-order valence-electron chi connectivity index (χ2n) is 7.05. The lowest BCUT2D eigenvalue weighted by molar-refractivity contribution is 0.169. The molecule has 6 nitrogen and oxygen atoms in total. The van der Waals surface area contributed by atoms with E-state index in [-0.39, 0.29) is 0 Å². The Labute approximate surface area is 153 Å². The average molecular weight is 351 g/mol. The lowest BCUT2D eigenvalue weighted by Crippen LogP contribution is -2.34. The highest BCUT2D eigenvalue weighted by molar-refractivity contribution is 5.23. The van der Waals surface area contributed by atoms with E-state index in [1.165, 1.54) is 5.69 Å². The predicted molar refractivity (Wildman–Crippen MR) is 99.5 cm³/mol. The third kappa shape index (κ3) is 3.57. The van der Waals surface area contributed by atoms with Gasteiger partial charge >= 0.3 is 0 Å². The van der Waals surface area contributed by atoms with E-state index in [2.05, 4.69) is 45.2 Å². The van der Waals surface area contributed by atoms with Crippen molar-refractivity contribution in [1.29, 1.82) is 0 Å². The fraction of sp³-hybridized carbons (Fsp3) is 0.400. The first-order valence-electron chi connectivity index (χ1n) is 9.18. The van der Waals surface area contributed by atoms with Gasteiger partial charge in [0.1, 0.15) is 11.8 Å². The van der Waals surface area contributed by atoms with Crippen molar-refractivity contribution < 1.29 is 5.11 Å². The molecule has 3 heterocycles. The van der Waals surface area contributed by atoms with Crippen LogP contribution in [0.2, 0.25) is 0 Å². The summed E-state index contributed by atoms with van der Waals surface area (Å²) in [6.07, 6.45) is 5.37. The van der Waals surface area contributed by atoms with Crippen molar-refractivity contribution in [3.8, 4) is 0 Å². The number of hydrogen-bond donors (Lipinski definition) is 1. The molecular formula is C20H25N5O. The van der Waals surface area contributed by atoms with Gasteiger partial charge in [-0.25, -0.2) is 4.68 Å². The SMILES string of the molecule is Cn1cccc1CN1CCC(n2cc(C(O)c3ccccc3)nn2)CC1. The maximum atomic E-state index is 10.5. The van der Waals surface area contributed by atoms with Crippen LogP contribution in [-0.2, 0) is 13.6 Å². The number of rotatable bonds is 5. The van der Waals surface area contributed by atoms with Crippen LogP contribution in [-0.4, -0.2) is 42.7 Å². The predicted octanol–water partition coefficient (Wildman–Crippen LogP) is 2.54. The van der Waals surface area contributed by atoms with E-state index in [1.54, 1.807) is 0 Å². The largest absolute Gasteiger partial charge is 0.382 e. The molecule has 1 aromatic carbocycles. The Morgan fingerprint density at radius 3 is 2.58 bits per heavy atom. The summed E-state index contributed by atoms with van der Waals surface area (Å²) in [6.45, 7) is 3.09. The molecule has 1 aliphatic heterocycles. The molecule has 0 bridgehead atoms. The van der Waals surface area contributed by atoms with Gasteiger partial charge in [-0.3, -0.25) is 4.90 Å². The van der Waals surface area contributed by atoms with Gasteiger partial charge < -0.3 is 9.67 Å². The van der Waals surface area contributed by atoms with E-state index in [9.17, 15) is 5.11 Å². The smallest absolute Gasteiger partial charge is 0.124 e. The number of hydrogen-bond acceptors (Lipinski definition) is 4. The number of piperidine rings is 1. The Balaban J connectivity index is 1.36. The summed E-state index contributed by atoms with van der Waals surface area (Å²) >= 11 is 0. The quantitative estimate of drug-likeness (QED) is 0.767. The second-order valence-corrected chi connectivity index (χ2v) is 7.05. The van der Waals surface area contributed by atoms with Crippen molar-refractivity contribution in [3.63, 3.8) is 0 Å². The second kappa shape index (κ2) is 7.43. The van der Waals surface area contributed by atoms with Gasteiger partial charge in [-0.1, -0.05) is 35.5 Å². The van der Waals surface area contributed by atoms with Crippen molar-refractivity contribution in [2.45, 2.75) is 31.5 Å². The van der Waals surface area contributed by atoms with Crippen LogP contribution in [0.4, 0.5) is 0 Å². The molecule has 1 unspecified atom stereocenters. The van der Waals surface area contributed by atoms with Gasteiger partial charge in [-0.05, 0) is 30.5 Å². The molecule has 3 aromatic rings.